The minimum atomic E-state index is -0.291. The van der Waals surface area contributed by atoms with E-state index in [0.29, 0.717) is 11.4 Å². The Morgan fingerprint density at radius 2 is 1.80 bits per heavy atom. The van der Waals surface area contributed by atoms with E-state index in [4.69, 9.17) is 17.4 Å². The summed E-state index contributed by atoms with van der Waals surface area (Å²) in [4.78, 5) is 0. The van der Waals surface area contributed by atoms with Crippen molar-refractivity contribution in [1.29, 1.82) is 0 Å². The molecule has 20 heavy (non-hydrogen) atoms. The van der Waals surface area contributed by atoms with Gasteiger partial charge in [-0.15, -0.1) is 0 Å². The quantitative estimate of drug-likeness (QED) is 0.664. The maximum Gasteiger partial charge on any atom is 0.123 e. The van der Waals surface area contributed by atoms with Gasteiger partial charge in [0.15, 0.2) is 0 Å². The van der Waals surface area contributed by atoms with Crippen LogP contribution in [0, 0.1) is 19.7 Å². The van der Waals surface area contributed by atoms with Crippen molar-refractivity contribution in [2.24, 2.45) is 5.84 Å². The minimum Gasteiger partial charge on any atom is -0.271 e. The van der Waals surface area contributed by atoms with Crippen LogP contribution in [0.1, 0.15) is 28.3 Å². The third-order valence-electron chi connectivity index (χ3n) is 3.28. The molecular weight excluding hydrogens is 275 g/mol. The molecular formula is C16H18ClFN2. The van der Waals surface area contributed by atoms with Gasteiger partial charge in [-0.25, -0.2) is 4.39 Å². The Labute approximate surface area is 123 Å². The highest BCUT2D eigenvalue weighted by molar-refractivity contribution is 6.31. The Balaban J connectivity index is 2.30. The van der Waals surface area contributed by atoms with Crippen LogP contribution in [-0.4, -0.2) is 0 Å². The number of rotatable bonds is 4. The maximum absolute atomic E-state index is 13.3. The molecule has 0 amide bonds. The summed E-state index contributed by atoms with van der Waals surface area (Å²) in [7, 11) is 0. The Hall–Kier alpha value is -1.42. The molecule has 0 aliphatic carbocycles. The van der Waals surface area contributed by atoms with Gasteiger partial charge in [-0.2, -0.15) is 0 Å². The Bertz CT molecular complexity index is 593. The van der Waals surface area contributed by atoms with Crippen LogP contribution < -0.4 is 11.3 Å². The number of halogens is 2. The molecule has 3 N–H and O–H groups in total. The normalized spacial score (nSPS) is 12.4. The van der Waals surface area contributed by atoms with Crippen LogP contribution in [-0.2, 0) is 6.42 Å². The summed E-state index contributed by atoms with van der Waals surface area (Å²) in [5.41, 5.74) is 6.95. The summed E-state index contributed by atoms with van der Waals surface area (Å²) in [5, 5.41) is 0.552. The zero-order valence-electron chi connectivity index (χ0n) is 11.6. The second-order valence-corrected chi connectivity index (χ2v) is 5.49. The van der Waals surface area contributed by atoms with Crippen LogP contribution in [0.5, 0.6) is 0 Å². The molecule has 0 saturated carbocycles. The fourth-order valence-electron chi connectivity index (χ4n) is 2.40. The summed E-state index contributed by atoms with van der Waals surface area (Å²) in [6.07, 6.45) is 0.538. The molecule has 1 unspecified atom stereocenters. The molecule has 0 aliphatic heterocycles. The first-order valence-corrected chi connectivity index (χ1v) is 6.85. The average molecular weight is 293 g/mol. The van der Waals surface area contributed by atoms with Gasteiger partial charge >= 0.3 is 0 Å². The first-order valence-electron chi connectivity index (χ1n) is 6.48. The summed E-state index contributed by atoms with van der Waals surface area (Å²) >= 11 is 6.11. The molecule has 0 saturated heterocycles. The van der Waals surface area contributed by atoms with E-state index in [1.165, 1.54) is 23.3 Å². The highest BCUT2D eigenvalue weighted by Gasteiger charge is 2.14. The van der Waals surface area contributed by atoms with Gasteiger partial charge < -0.3 is 0 Å². The molecule has 2 aromatic carbocycles. The fourth-order valence-corrected chi connectivity index (χ4v) is 2.60. The van der Waals surface area contributed by atoms with E-state index in [2.05, 4.69) is 23.6 Å². The molecule has 2 nitrogen and oxygen atoms in total. The molecule has 4 heteroatoms. The molecule has 0 bridgehead atoms. The van der Waals surface area contributed by atoms with Gasteiger partial charge in [0.05, 0.1) is 6.04 Å². The van der Waals surface area contributed by atoms with Gasteiger partial charge in [-0.1, -0.05) is 40.9 Å². The molecule has 2 rings (SSSR count). The van der Waals surface area contributed by atoms with Gasteiger partial charge in [0.1, 0.15) is 5.82 Å². The standard InChI is InChI=1S/C16H18ClFN2/c1-10-5-11(2)7-13(6-10)16(20-19)9-12-8-14(18)3-4-15(12)17/h3-8,16,20H,9,19H2,1-2H3. The number of nitrogens with one attached hydrogen (secondary N) is 1. The molecule has 0 aromatic heterocycles. The number of hydrogen-bond acceptors (Lipinski definition) is 2. The minimum absolute atomic E-state index is 0.104. The topological polar surface area (TPSA) is 38.0 Å². The summed E-state index contributed by atoms with van der Waals surface area (Å²) in [6, 6.07) is 10.5. The van der Waals surface area contributed by atoms with Crippen molar-refractivity contribution in [1.82, 2.24) is 5.43 Å². The van der Waals surface area contributed by atoms with E-state index in [0.717, 1.165) is 11.1 Å². The molecule has 1 atom stereocenters. The van der Waals surface area contributed by atoms with Crippen LogP contribution in [0.2, 0.25) is 5.02 Å². The third-order valence-corrected chi connectivity index (χ3v) is 3.65. The van der Waals surface area contributed by atoms with Crippen LogP contribution in [0.25, 0.3) is 0 Å². The van der Waals surface area contributed by atoms with Gasteiger partial charge in [-0.3, -0.25) is 11.3 Å². The molecule has 0 aliphatic rings. The third kappa shape index (κ3) is 3.57. The number of nitrogens with two attached hydrogens (primary N) is 1. The summed E-state index contributed by atoms with van der Waals surface area (Å²) in [6.45, 7) is 4.08. The SMILES string of the molecule is Cc1cc(C)cc(C(Cc2cc(F)ccc2Cl)NN)c1. The van der Waals surface area contributed by atoms with E-state index in [9.17, 15) is 4.39 Å². The van der Waals surface area contributed by atoms with Crippen molar-refractivity contribution in [2.45, 2.75) is 26.3 Å². The molecule has 0 radical (unpaired) electrons. The largest absolute Gasteiger partial charge is 0.271 e. The summed E-state index contributed by atoms with van der Waals surface area (Å²) < 4.78 is 13.3. The average Bonchev–Trinajstić information content (AvgIpc) is 2.38. The number of benzene rings is 2. The van der Waals surface area contributed by atoms with E-state index in [-0.39, 0.29) is 11.9 Å². The lowest BCUT2D eigenvalue weighted by atomic mass is 9.96. The Morgan fingerprint density at radius 1 is 1.15 bits per heavy atom. The first-order chi connectivity index (χ1) is 9.49. The molecule has 0 spiro atoms. The Morgan fingerprint density at radius 3 is 2.40 bits per heavy atom. The maximum atomic E-state index is 13.3. The van der Waals surface area contributed by atoms with Crippen LogP contribution in [0.15, 0.2) is 36.4 Å². The van der Waals surface area contributed by atoms with Crippen molar-refractivity contribution < 1.29 is 4.39 Å². The van der Waals surface area contributed by atoms with Gasteiger partial charge in [-0.05, 0) is 49.6 Å². The zero-order chi connectivity index (χ0) is 14.7. The van der Waals surface area contributed by atoms with E-state index >= 15 is 0 Å². The lowest BCUT2D eigenvalue weighted by molar-refractivity contribution is 0.548. The highest BCUT2D eigenvalue weighted by atomic mass is 35.5. The van der Waals surface area contributed by atoms with Crippen molar-refractivity contribution in [3.63, 3.8) is 0 Å². The zero-order valence-corrected chi connectivity index (χ0v) is 12.3. The number of hydrazine groups is 1. The van der Waals surface area contributed by atoms with Crippen LogP contribution in [0.3, 0.4) is 0 Å². The molecule has 0 heterocycles. The lowest BCUT2D eigenvalue weighted by Gasteiger charge is -2.18. The second kappa shape index (κ2) is 6.35. The van der Waals surface area contributed by atoms with E-state index in [1.807, 2.05) is 13.8 Å². The number of aryl methyl sites for hydroxylation is 2. The van der Waals surface area contributed by atoms with Crippen molar-refractivity contribution in [3.8, 4) is 0 Å². The lowest BCUT2D eigenvalue weighted by Crippen LogP contribution is -2.29. The number of hydrogen-bond donors (Lipinski definition) is 2. The summed E-state index contributed by atoms with van der Waals surface area (Å²) in [5.74, 6) is 5.36. The van der Waals surface area contributed by atoms with Crippen LogP contribution >= 0.6 is 11.6 Å². The van der Waals surface area contributed by atoms with Crippen LogP contribution in [0.4, 0.5) is 4.39 Å². The van der Waals surface area contributed by atoms with Gasteiger partial charge in [0.25, 0.3) is 0 Å². The fraction of sp³-hybridized carbons (Fsp3) is 0.250. The predicted molar refractivity (Wildman–Crippen MR) is 81.1 cm³/mol. The Kier molecular flexibility index (Phi) is 4.76. The van der Waals surface area contributed by atoms with Crippen molar-refractivity contribution >= 4 is 11.6 Å². The molecule has 2 aromatic rings. The smallest absolute Gasteiger partial charge is 0.123 e. The van der Waals surface area contributed by atoms with Crippen molar-refractivity contribution in [3.05, 3.63) is 69.5 Å². The van der Waals surface area contributed by atoms with E-state index in [1.54, 1.807) is 6.07 Å². The predicted octanol–water partition coefficient (Wildman–Crippen LogP) is 3.84. The van der Waals surface area contributed by atoms with E-state index < -0.39 is 0 Å². The van der Waals surface area contributed by atoms with Crippen molar-refractivity contribution in [2.75, 3.05) is 0 Å². The highest BCUT2D eigenvalue weighted by Crippen LogP contribution is 2.25. The van der Waals surface area contributed by atoms with Gasteiger partial charge in [0.2, 0.25) is 0 Å². The molecule has 0 fully saturated rings. The first kappa shape index (κ1) is 15.0. The van der Waals surface area contributed by atoms with Gasteiger partial charge in [0, 0.05) is 5.02 Å². The molecule has 106 valence electrons. The monoisotopic (exact) mass is 292 g/mol. The second-order valence-electron chi connectivity index (χ2n) is 5.08.